The summed E-state index contributed by atoms with van der Waals surface area (Å²) in [5.74, 6) is 0.486. The average Bonchev–Trinajstić information content (AvgIpc) is 2.64. The highest BCUT2D eigenvalue weighted by molar-refractivity contribution is 7.89. The van der Waals surface area contributed by atoms with Gasteiger partial charge in [0.2, 0.25) is 15.9 Å². The van der Waals surface area contributed by atoms with Crippen LogP contribution in [0.2, 0.25) is 0 Å². The Morgan fingerprint density at radius 3 is 2.54 bits per heavy atom. The van der Waals surface area contributed by atoms with Crippen molar-refractivity contribution in [2.45, 2.75) is 45.4 Å². The van der Waals surface area contributed by atoms with Gasteiger partial charge in [-0.1, -0.05) is 0 Å². The normalized spacial score (nSPS) is 18.5. The van der Waals surface area contributed by atoms with E-state index in [1.54, 1.807) is 23.1 Å². The van der Waals surface area contributed by atoms with Gasteiger partial charge in [-0.05, 0) is 64.3 Å². The highest BCUT2D eigenvalue weighted by Crippen LogP contribution is 2.28. The largest absolute Gasteiger partial charge is 0.494 e. The van der Waals surface area contributed by atoms with E-state index in [0.29, 0.717) is 38.4 Å². The molecule has 0 aromatic heterocycles. The lowest BCUT2D eigenvalue weighted by Crippen LogP contribution is -2.46. The summed E-state index contributed by atoms with van der Waals surface area (Å²) in [5, 5.41) is 0. The molecule has 1 aliphatic heterocycles. The van der Waals surface area contributed by atoms with Crippen LogP contribution in [0.4, 0.5) is 0 Å². The Labute approximate surface area is 157 Å². The number of amides is 1. The Bertz CT molecular complexity index is 729. The number of carbonyl (C=O) groups is 1. The summed E-state index contributed by atoms with van der Waals surface area (Å²) in [6.07, 6.45) is 1.44. The minimum atomic E-state index is -3.61. The van der Waals surface area contributed by atoms with Crippen molar-refractivity contribution in [3.05, 3.63) is 23.8 Å². The van der Waals surface area contributed by atoms with E-state index in [9.17, 15) is 13.2 Å². The molecule has 2 rings (SSSR count). The first kappa shape index (κ1) is 20.7. The molecule has 146 valence electrons. The Balaban J connectivity index is 2.20. The molecule has 1 atom stereocenters. The van der Waals surface area contributed by atoms with E-state index in [-0.39, 0.29) is 23.3 Å². The Hall–Kier alpha value is -1.60. The van der Waals surface area contributed by atoms with Crippen LogP contribution in [0.3, 0.4) is 0 Å². The zero-order valence-corrected chi connectivity index (χ0v) is 17.0. The first-order valence-corrected chi connectivity index (χ1v) is 10.8. The van der Waals surface area contributed by atoms with Gasteiger partial charge < -0.3 is 9.64 Å². The third kappa shape index (κ3) is 4.38. The molecule has 0 N–H and O–H groups in total. The lowest BCUT2D eigenvalue weighted by molar-refractivity contribution is -0.136. The van der Waals surface area contributed by atoms with Crippen molar-refractivity contribution >= 4 is 15.9 Å². The summed E-state index contributed by atoms with van der Waals surface area (Å²) in [5.41, 5.74) is 0.792. The highest BCUT2D eigenvalue weighted by atomic mass is 32.2. The van der Waals surface area contributed by atoms with Gasteiger partial charge in [0.05, 0.1) is 17.4 Å². The van der Waals surface area contributed by atoms with Crippen molar-refractivity contribution in [3.63, 3.8) is 0 Å². The third-order valence-corrected chi connectivity index (χ3v) is 6.75. The third-order valence-electron chi connectivity index (χ3n) is 4.89. The highest BCUT2D eigenvalue weighted by Gasteiger charge is 2.34. The molecule has 0 aliphatic carbocycles. The van der Waals surface area contributed by atoms with Crippen molar-refractivity contribution in [1.82, 2.24) is 9.21 Å². The molecule has 1 amide bonds. The van der Waals surface area contributed by atoms with Gasteiger partial charge in [-0.15, -0.1) is 0 Å². The molecule has 0 spiro atoms. The topological polar surface area (TPSA) is 66.9 Å². The Morgan fingerprint density at radius 1 is 1.27 bits per heavy atom. The quantitative estimate of drug-likeness (QED) is 0.727. The maximum absolute atomic E-state index is 13.0. The van der Waals surface area contributed by atoms with E-state index in [1.165, 1.54) is 4.31 Å². The maximum atomic E-state index is 13.0. The van der Waals surface area contributed by atoms with Gasteiger partial charge in [0.25, 0.3) is 0 Å². The summed E-state index contributed by atoms with van der Waals surface area (Å²) < 4.78 is 33.0. The first-order valence-electron chi connectivity index (χ1n) is 9.37. The Kier molecular flexibility index (Phi) is 7.06. The van der Waals surface area contributed by atoms with E-state index in [2.05, 4.69) is 0 Å². The van der Waals surface area contributed by atoms with Crippen LogP contribution < -0.4 is 4.74 Å². The number of hydrogen-bond acceptors (Lipinski definition) is 4. The molecular weight excluding hydrogens is 352 g/mol. The number of nitrogens with zero attached hydrogens (tertiary/aromatic N) is 2. The van der Waals surface area contributed by atoms with E-state index < -0.39 is 10.0 Å². The van der Waals surface area contributed by atoms with Gasteiger partial charge in [0, 0.05) is 26.2 Å². The molecule has 1 saturated heterocycles. The van der Waals surface area contributed by atoms with Crippen LogP contribution >= 0.6 is 0 Å². The lowest BCUT2D eigenvalue weighted by Gasteiger charge is -2.33. The molecule has 26 heavy (non-hydrogen) atoms. The van der Waals surface area contributed by atoms with Crippen molar-refractivity contribution in [2.24, 2.45) is 5.92 Å². The molecule has 1 aromatic rings. The second kappa shape index (κ2) is 8.86. The molecule has 0 radical (unpaired) electrons. The van der Waals surface area contributed by atoms with Gasteiger partial charge in [-0.25, -0.2) is 8.42 Å². The molecule has 1 aromatic carbocycles. The molecule has 0 bridgehead atoms. The molecule has 7 heteroatoms. The second-order valence-electron chi connectivity index (χ2n) is 6.57. The standard InChI is InChI=1S/C19H30N2O4S/c1-5-20(6-2)19(22)16-9-8-12-21(14-16)26(23,24)17-10-11-18(25-7-3)15(4)13-17/h10-11,13,16H,5-9,12,14H2,1-4H3/t16-/m0/s1. The van der Waals surface area contributed by atoms with Crippen LogP contribution in [0.25, 0.3) is 0 Å². The number of hydrogen-bond donors (Lipinski definition) is 0. The number of rotatable bonds is 7. The van der Waals surface area contributed by atoms with Gasteiger partial charge in [-0.3, -0.25) is 4.79 Å². The first-order chi connectivity index (χ1) is 12.3. The molecule has 0 saturated carbocycles. The average molecular weight is 383 g/mol. The zero-order chi connectivity index (χ0) is 19.3. The van der Waals surface area contributed by atoms with Gasteiger partial charge >= 0.3 is 0 Å². The predicted octanol–water partition coefficient (Wildman–Crippen LogP) is 2.66. The fraction of sp³-hybridized carbons (Fsp3) is 0.632. The smallest absolute Gasteiger partial charge is 0.243 e. The Morgan fingerprint density at radius 2 is 1.96 bits per heavy atom. The van der Waals surface area contributed by atoms with Crippen LogP contribution in [0, 0.1) is 12.8 Å². The molecule has 1 fully saturated rings. The minimum Gasteiger partial charge on any atom is -0.494 e. The fourth-order valence-corrected chi connectivity index (χ4v) is 5.01. The van der Waals surface area contributed by atoms with Gasteiger partial charge in [-0.2, -0.15) is 4.31 Å². The summed E-state index contributed by atoms with van der Waals surface area (Å²) >= 11 is 0. The van der Waals surface area contributed by atoms with Crippen molar-refractivity contribution in [2.75, 3.05) is 32.8 Å². The van der Waals surface area contributed by atoms with E-state index in [0.717, 1.165) is 12.0 Å². The number of sulfonamides is 1. The van der Waals surface area contributed by atoms with E-state index >= 15 is 0 Å². The summed E-state index contributed by atoms with van der Waals surface area (Å²) in [7, 11) is -3.61. The van der Waals surface area contributed by atoms with Crippen molar-refractivity contribution < 1.29 is 17.9 Å². The van der Waals surface area contributed by atoms with Gasteiger partial charge in [0.15, 0.2) is 0 Å². The van der Waals surface area contributed by atoms with Crippen LogP contribution in [0.15, 0.2) is 23.1 Å². The second-order valence-corrected chi connectivity index (χ2v) is 8.51. The predicted molar refractivity (Wildman–Crippen MR) is 102 cm³/mol. The van der Waals surface area contributed by atoms with E-state index in [1.807, 2.05) is 27.7 Å². The van der Waals surface area contributed by atoms with Crippen LogP contribution in [0.1, 0.15) is 39.2 Å². The summed E-state index contributed by atoms with van der Waals surface area (Å²) in [6.45, 7) is 10.2. The van der Waals surface area contributed by atoms with Crippen LogP contribution in [-0.2, 0) is 14.8 Å². The number of ether oxygens (including phenoxy) is 1. The van der Waals surface area contributed by atoms with Crippen molar-refractivity contribution in [3.8, 4) is 5.75 Å². The molecular formula is C19H30N2O4S. The molecule has 1 heterocycles. The maximum Gasteiger partial charge on any atom is 0.243 e. The zero-order valence-electron chi connectivity index (χ0n) is 16.2. The monoisotopic (exact) mass is 382 g/mol. The van der Waals surface area contributed by atoms with E-state index in [4.69, 9.17) is 4.74 Å². The fourth-order valence-electron chi connectivity index (χ4n) is 3.40. The molecule has 6 nitrogen and oxygen atoms in total. The number of aryl methyl sites for hydroxylation is 1. The number of carbonyl (C=O) groups excluding carboxylic acids is 1. The summed E-state index contributed by atoms with van der Waals surface area (Å²) in [4.78, 5) is 14.7. The number of piperidine rings is 1. The van der Waals surface area contributed by atoms with Crippen LogP contribution in [0.5, 0.6) is 5.75 Å². The number of benzene rings is 1. The SMILES string of the molecule is CCOc1ccc(S(=O)(=O)N2CCC[C@H](C(=O)N(CC)CC)C2)cc1C. The summed E-state index contributed by atoms with van der Waals surface area (Å²) in [6, 6.07) is 4.94. The molecule has 1 aliphatic rings. The molecule has 0 unspecified atom stereocenters. The van der Waals surface area contributed by atoms with Crippen molar-refractivity contribution in [1.29, 1.82) is 0 Å². The lowest BCUT2D eigenvalue weighted by atomic mass is 9.98. The van der Waals surface area contributed by atoms with Gasteiger partial charge in [0.1, 0.15) is 5.75 Å². The van der Waals surface area contributed by atoms with Crippen LogP contribution in [-0.4, -0.2) is 56.3 Å². The minimum absolute atomic E-state index is 0.0535.